The van der Waals surface area contributed by atoms with E-state index in [0.29, 0.717) is 37.3 Å². The molecule has 0 bridgehead atoms. The molecule has 3 heterocycles. The highest BCUT2D eigenvalue weighted by Crippen LogP contribution is 2.34. The number of rotatable bonds is 11. The minimum atomic E-state index is -4.78. The number of anilines is 1. The van der Waals surface area contributed by atoms with E-state index in [1.165, 1.54) is 12.1 Å². The van der Waals surface area contributed by atoms with Gasteiger partial charge in [0.25, 0.3) is 0 Å². The second-order valence-corrected chi connectivity index (χ2v) is 9.95. The number of nitrogens with one attached hydrogen (secondary N) is 1. The highest BCUT2D eigenvalue weighted by molar-refractivity contribution is 6.32. The fourth-order valence-corrected chi connectivity index (χ4v) is 4.88. The number of fused-ring (bicyclic) bond motifs is 3. The minimum absolute atomic E-state index is 0.0847. The van der Waals surface area contributed by atoms with E-state index in [4.69, 9.17) is 27.1 Å². The minimum Gasteiger partial charge on any atom is -0.404 e. The number of alkyl halides is 3. The van der Waals surface area contributed by atoms with Gasteiger partial charge in [-0.05, 0) is 55.3 Å². The first-order valence-corrected chi connectivity index (χ1v) is 13.1. The zero-order valence-corrected chi connectivity index (χ0v) is 22.1. The zero-order chi connectivity index (χ0) is 28.3. The van der Waals surface area contributed by atoms with Crippen molar-refractivity contribution >= 4 is 45.0 Å². The van der Waals surface area contributed by atoms with Crippen molar-refractivity contribution < 1.29 is 27.4 Å². The average Bonchev–Trinajstić information content (AvgIpc) is 2.89. The van der Waals surface area contributed by atoms with Crippen molar-refractivity contribution in [1.82, 2.24) is 15.3 Å². The van der Waals surface area contributed by atoms with Crippen molar-refractivity contribution in [3.8, 4) is 5.75 Å². The van der Waals surface area contributed by atoms with Crippen molar-refractivity contribution in [2.45, 2.75) is 31.9 Å². The Hall–Kier alpha value is -3.67. The number of carbonyl (C=O) groups excluding carboxylic acids is 1. The summed E-state index contributed by atoms with van der Waals surface area (Å²) in [5.41, 5.74) is 7.32. The van der Waals surface area contributed by atoms with Gasteiger partial charge in [0.2, 0.25) is 5.91 Å². The number of carbonyl (C=O) groups is 1. The zero-order valence-electron chi connectivity index (χ0n) is 21.4. The number of nitrogens with zero attached hydrogens (tertiary/aromatic N) is 3. The molecule has 0 spiro atoms. The van der Waals surface area contributed by atoms with Crippen LogP contribution in [0, 0.1) is 0 Å². The third-order valence-electron chi connectivity index (χ3n) is 6.66. The molecular weight excluding hydrogens is 547 g/mol. The van der Waals surface area contributed by atoms with Gasteiger partial charge in [-0.2, -0.15) is 0 Å². The number of hydrogen-bond acceptors (Lipinski definition) is 7. The average molecular weight is 574 g/mol. The Morgan fingerprint density at radius 2 is 1.93 bits per heavy atom. The van der Waals surface area contributed by atoms with Crippen LogP contribution in [0.5, 0.6) is 5.75 Å². The molecule has 4 aromatic rings. The van der Waals surface area contributed by atoms with Crippen LogP contribution in [0.4, 0.5) is 19.0 Å². The van der Waals surface area contributed by atoms with Gasteiger partial charge in [-0.15, -0.1) is 13.2 Å². The van der Waals surface area contributed by atoms with E-state index in [2.05, 4.69) is 19.9 Å². The number of nitrogens with two attached hydrogens (primary N) is 1. The number of unbranched alkanes of at least 4 members (excludes halogenated alkanes) is 1. The van der Waals surface area contributed by atoms with Crippen LogP contribution < -0.4 is 20.7 Å². The van der Waals surface area contributed by atoms with Crippen LogP contribution in [-0.4, -0.2) is 54.6 Å². The monoisotopic (exact) mass is 573 g/mol. The summed E-state index contributed by atoms with van der Waals surface area (Å²) >= 11 is 5.89. The summed E-state index contributed by atoms with van der Waals surface area (Å²) in [4.78, 5) is 22.9. The maximum Gasteiger partial charge on any atom is 0.573 e. The standard InChI is InChI=1S/C28H27ClF3N5O3/c29-23-11-17(3-6-25(23)40-28(30,31)32)13-34-8-1-2-10-39-19-15-37(16-19)27-21-7-9-35-14-22(21)20-5-4-18(26(33)38)12-24(20)36-27/h3-7,9,11-12,14,19,34H,1-2,8,10,13,15-16H2,(H2,33,38). The summed E-state index contributed by atoms with van der Waals surface area (Å²) in [6.07, 6.45) is 0.609. The highest BCUT2D eigenvalue weighted by Gasteiger charge is 2.32. The van der Waals surface area contributed by atoms with Crippen LogP contribution in [0.2, 0.25) is 5.02 Å². The van der Waals surface area contributed by atoms with Crippen LogP contribution >= 0.6 is 11.6 Å². The molecule has 1 fully saturated rings. The molecule has 40 heavy (non-hydrogen) atoms. The molecule has 1 aliphatic rings. The Morgan fingerprint density at radius 3 is 2.67 bits per heavy atom. The van der Waals surface area contributed by atoms with Gasteiger partial charge in [0.1, 0.15) is 11.6 Å². The molecule has 210 valence electrons. The van der Waals surface area contributed by atoms with Gasteiger partial charge in [0, 0.05) is 60.4 Å². The summed E-state index contributed by atoms with van der Waals surface area (Å²) in [6.45, 7) is 3.24. The van der Waals surface area contributed by atoms with Crippen LogP contribution in [0.1, 0.15) is 28.8 Å². The normalized spacial score (nSPS) is 14.1. The van der Waals surface area contributed by atoms with Gasteiger partial charge in [-0.3, -0.25) is 9.78 Å². The van der Waals surface area contributed by atoms with Crippen molar-refractivity contribution in [1.29, 1.82) is 0 Å². The van der Waals surface area contributed by atoms with Gasteiger partial charge in [-0.1, -0.05) is 23.7 Å². The fraction of sp³-hybridized carbons (Fsp3) is 0.321. The lowest BCUT2D eigenvalue weighted by Crippen LogP contribution is -2.52. The van der Waals surface area contributed by atoms with E-state index in [0.717, 1.165) is 46.9 Å². The molecule has 3 N–H and O–H groups in total. The molecule has 1 saturated heterocycles. The lowest BCUT2D eigenvalue weighted by atomic mass is 10.0. The third kappa shape index (κ3) is 6.55. The number of hydrogen-bond donors (Lipinski definition) is 2. The van der Waals surface area contributed by atoms with Crippen molar-refractivity contribution in [2.75, 3.05) is 31.1 Å². The number of ether oxygens (including phenoxy) is 2. The molecule has 1 amide bonds. The maximum absolute atomic E-state index is 12.4. The highest BCUT2D eigenvalue weighted by atomic mass is 35.5. The van der Waals surface area contributed by atoms with Crippen LogP contribution in [-0.2, 0) is 11.3 Å². The molecule has 0 unspecified atom stereocenters. The summed E-state index contributed by atoms with van der Waals surface area (Å²) in [7, 11) is 0. The van der Waals surface area contributed by atoms with Gasteiger partial charge in [0.15, 0.2) is 0 Å². The Balaban J connectivity index is 1.06. The third-order valence-corrected chi connectivity index (χ3v) is 6.96. The number of pyridine rings is 2. The Labute approximate surface area is 233 Å². The summed E-state index contributed by atoms with van der Waals surface area (Å²) in [6, 6.07) is 11.4. The van der Waals surface area contributed by atoms with Gasteiger partial charge < -0.3 is 25.4 Å². The van der Waals surface area contributed by atoms with Crippen LogP contribution in [0.15, 0.2) is 54.9 Å². The second kappa shape index (κ2) is 11.8. The summed E-state index contributed by atoms with van der Waals surface area (Å²) < 4.78 is 47.0. The van der Waals surface area contributed by atoms with Gasteiger partial charge in [0.05, 0.1) is 16.6 Å². The van der Waals surface area contributed by atoms with Crippen LogP contribution in [0.25, 0.3) is 21.7 Å². The molecule has 2 aromatic carbocycles. The number of aromatic nitrogens is 2. The SMILES string of the molecule is NC(=O)c1ccc2c(c1)nc(N1CC(OCCCCNCc3ccc(OC(F)(F)F)c(Cl)c3)C1)c1ccncc12. The summed E-state index contributed by atoms with van der Waals surface area (Å²) in [5, 5.41) is 6.03. The molecule has 0 radical (unpaired) electrons. The topological polar surface area (TPSA) is 103 Å². The lowest BCUT2D eigenvalue weighted by Gasteiger charge is -2.40. The van der Waals surface area contributed by atoms with Crippen molar-refractivity contribution in [2.24, 2.45) is 5.73 Å². The van der Waals surface area contributed by atoms with Crippen molar-refractivity contribution in [3.05, 3.63) is 71.0 Å². The molecule has 5 rings (SSSR count). The predicted octanol–water partition coefficient (Wildman–Crippen LogP) is 5.21. The van der Waals surface area contributed by atoms with Gasteiger partial charge in [-0.25, -0.2) is 4.98 Å². The molecular formula is C28H27ClF3N5O3. The van der Waals surface area contributed by atoms with E-state index in [-0.39, 0.29) is 11.1 Å². The molecule has 0 saturated carbocycles. The Bertz CT molecular complexity index is 1530. The number of halogens is 4. The van der Waals surface area contributed by atoms with Crippen LogP contribution in [0.3, 0.4) is 0 Å². The van der Waals surface area contributed by atoms with E-state index in [1.807, 2.05) is 12.1 Å². The molecule has 1 aliphatic heterocycles. The van der Waals surface area contributed by atoms with Gasteiger partial charge >= 0.3 is 6.36 Å². The smallest absolute Gasteiger partial charge is 0.404 e. The first-order valence-electron chi connectivity index (χ1n) is 12.8. The fourth-order valence-electron chi connectivity index (χ4n) is 4.64. The molecule has 0 atom stereocenters. The van der Waals surface area contributed by atoms with E-state index >= 15 is 0 Å². The quantitative estimate of drug-likeness (QED) is 0.188. The predicted molar refractivity (Wildman–Crippen MR) is 147 cm³/mol. The largest absolute Gasteiger partial charge is 0.573 e. The summed E-state index contributed by atoms with van der Waals surface area (Å²) in [5.74, 6) is -0.0840. The second-order valence-electron chi connectivity index (χ2n) is 9.55. The molecule has 0 aliphatic carbocycles. The molecule has 12 heteroatoms. The molecule has 8 nitrogen and oxygen atoms in total. The Morgan fingerprint density at radius 1 is 1.10 bits per heavy atom. The van der Waals surface area contributed by atoms with E-state index < -0.39 is 18.0 Å². The van der Waals surface area contributed by atoms with Crippen molar-refractivity contribution in [3.63, 3.8) is 0 Å². The van der Waals surface area contributed by atoms with E-state index in [9.17, 15) is 18.0 Å². The maximum atomic E-state index is 12.4. The first kappa shape index (κ1) is 27.9. The number of primary amides is 1. The Kier molecular flexibility index (Phi) is 8.24. The number of amides is 1. The first-order chi connectivity index (χ1) is 19.2. The lowest BCUT2D eigenvalue weighted by molar-refractivity contribution is -0.274. The molecule has 2 aromatic heterocycles. The van der Waals surface area contributed by atoms with E-state index in [1.54, 1.807) is 30.6 Å². The number of benzene rings is 2.